The normalized spacial score (nSPS) is 21.4. The summed E-state index contributed by atoms with van der Waals surface area (Å²) in [5, 5.41) is 9.63. The molecule has 0 spiro atoms. The Balaban J connectivity index is 2.67. The van der Waals surface area contributed by atoms with E-state index in [9.17, 15) is 9.90 Å². The molecule has 0 aromatic heterocycles. The zero-order valence-corrected chi connectivity index (χ0v) is 10.3. The fourth-order valence-electron chi connectivity index (χ4n) is 1.87. The van der Waals surface area contributed by atoms with Gasteiger partial charge in [0.2, 0.25) is 0 Å². The van der Waals surface area contributed by atoms with Crippen molar-refractivity contribution in [1.29, 1.82) is 0 Å². The lowest BCUT2D eigenvalue weighted by molar-refractivity contribution is -0.116. The highest BCUT2D eigenvalue weighted by Crippen LogP contribution is 2.33. The highest BCUT2D eigenvalue weighted by atomic mass is 16.3. The number of ketones is 1. The number of carbonyl (C=O) groups is 1. The number of Topliss-reactive ketones (excluding diaryl/α,β-unsaturated/α-hetero) is 1. The van der Waals surface area contributed by atoms with Crippen LogP contribution in [0.2, 0.25) is 0 Å². The van der Waals surface area contributed by atoms with Gasteiger partial charge in [-0.2, -0.15) is 0 Å². The fourth-order valence-corrected chi connectivity index (χ4v) is 1.87. The van der Waals surface area contributed by atoms with E-state index >= 15 is 0 Å². The van der Waals surface area contributed by atoms with Crippen molar-refractivity contribution in [3.8, 4) is 0 Å². The molecule has 1 aliphatic rings. The summed E-state index contributed by atoms with van der Waals surface area (Å²) in [6.07, 6.45) is 5.04. The second kappa shape index (κ2) is 4.09. The minimum atomic E-state index is -0.678. The third kappa shape index (κ3) is 4.17. The molecule has 0 heterocycles. The number of hydrogen-bond donors (Lipinski definition) is 1. The molecule has 15 heavy (non-hydrogen) atoms. The van der Waals surface area contributed by atoms with Crippen LogP contribution in [-0.4, -0.2) is 16.5 Å². The van der Waals surface area contributed by atoms with Gasteiger partial charge in [0.05, 0.1) is 5.60 Å². The molecule has 0 radical (unpaired) electrons. The van der Waals surface area contributed by atoms with E-state index in [1.54, 1.807) is 13.8 Å². The average Bonchev–Trinajstić information content (AvgIpc) is 2.05. The summed E-state index contributed by atoms with van der Waals surface area (Å²) >= 11 is 0. The van der Waals surface area contributed by atoms with Crippen molar-refractivity contribution in [2.45, 2.75) is 59.0 Å². The van der Waals surface area contributed by atoms with Gasteiger partial charge < -0.3 is 5.11 Å². The van der Waals surface area contributed by atoms with Crippen LogP contribution < -0.4 is 0 Å². The summed E-state index contributed by atoms with van der Waals surface area (Å²) in [5.41, 5.74) is 0.374. The van der Waals surface area contributed by atoms with Crippen LogP contribution in [0.15, 0.2) is 11.6 Å². The second-order valence-electron chi connectivity index (χ2n) is 5.89. The predicted octanol–water partition coefficient (Wildman–Crippen LogP) is 2.85. The van der Waals surface area contributed by atoms with E-state index in [2.05, 4.69) is 19.9 Å². The third-order valence-corrected chi connectivity index (χ3v) is 2.93. The maximum absolute atomic E-state index is 11.6. The van der Waals surface area contributed by atoms with Crippen LogP contribution in [0, 0.1) is 5.41 Å². The number of aliphatic hydroxyl groups is 1. The van der Waals surface area contributed by atoms with Crippen molar-refractivity contribution >= 4 is 5.78 Å². The predicted molar refractivity (Wildman–Crippen MR) is 61.6 cm³/mol. The molecule has 86 valence electrons. The molecule has 0 saturated carbocycles. The van der Waals surface area contributed by atoms with Gasteiger partial charge in [-0.25, -0.2) is 0 Å². The van der Waals surface area contributed by atoms with E-state index in [1.807, 2.05) is 0 Å². The Morgan fingerprint density at radius 1 is 1.47 bits per heavy atom. The average molecular weight is 210 g/mol. The summed E-state index contributed by atoms with van der Waals surface area (Å²) < 4.78 is 0. The molecule has 1 rings (SSSR count). The van der Waals surface area contributed by atoms with Crippen molar-refractivity contribution in [3.63, 3.8) is 0 Å². The number of allylic oxidation sites excluding steroid dienone is 2. The van der Waals surface area contributed by atoms with Gasteiger partial charge in [-0.15, -0.1) is 0 Å². The Hall–Kier alpha value is -0.630. The third-order valence-electron chi connectivity index (χ3n) is 2.93. The first-order chi connectivity index (χ1) is 6.70. The van der Waals surface area contributed by atoms with Crippen LogP contribution >= 0.6 is 0 Å². The lowest BCUT2D eigenvalue weighted by Gasteiger charge is -2.27. The first kappa shape index (κ1) is 12.4. The van der Waals surface area contributed by atoms with Crippen molar-refractivity contribution in [2.75, 3.05) is 0 Å². The van der Waals surface area contributed by atoms with Crippen LogP contribution in [0.4, 0.5) is 0 Å². The summed E-state index contributed by atoms with van der Waals surface area (Å²) in [6, 6.07) is 0. The van der Waals surface area contributed by atoms with Crippen molar-refractivity contribution in [1.82, 2.24) is 0 Å². The van der Waals surface area contributed by atoms with Gasteiger partial charge >= 0.3 is 0 Å². The molecule has 0 unspecified atom stereocenters. The van der Waals surface area contributed by atoms with E-state index < -0.39 is 5.60 Å². The highest BCUT2D eigenvalue weighted by Gasteiger charge is 2.26. The smallest absolute Gasteiger partial charge is 0.158 e. The number of rotatable bonds is 3. The molecular weight excluding hydrogens is 188 g/mol. The molecule has 1 aliphatic carbocycles. The minimum Gasteiger partial charge on any atom is -0.390 e. The Morgan fingerprint density at radius 3 is 2.60 bits per heavy atom. The molecule has 0 aliphatic heterocycles. The van der Waals surface area contributed by atoms with Crippen LogP contribution in [0.5, 0.6) is 0 Å². The highest BCUT2D eigenvalue weighted by molar-refractivity contribution is 5.96. The van der Waals surface area contributed by atoms with Crippen LogP contribution in [-0.2, 0) is 4.79 Å². The van der Waals surface area contributed by atoms with Crippen molar-refractivity contribution in [2.24, 2.45) is 5.41 Å². The van der Waals surface area contributed by atoms with Gasteiger partial charge in [-0.1, -0.05) is 19.9 Å². The van der Waals surface area contributed by atoms with Crippen LogP contribution in [0.1, 0.15) is 53.4 Å². The molecule has 0 bridgehead atoms. The largest absolute Gasteiger partial charge is 0.390 e. The Bertz CT molecular complexity index is 279. The second-order valence-corrected chi connectivity index (χ2v) is 5.89. The SMILES string of the molecule is CC(C)(O)CCC1=CC(C)(C)CCC1=O. The van der Waals surface area contributed by atoms with Gasteiger partial charge in [0, 0.05) is 6.42 Å². The van der Waals surface area contributed by atoms with E-state index in [-0.39, 0.29) is 11.2 Å². The molecule has 0 atom stereocenters. The lowest BCUT2D eigenvalue weighted by Crippen LogP contribution is -2.23. The monoisotopic (exact) mass is 210 g/mol. The van der Waals surface area contributed by atoms with Gasteiger partial charge in [0.1, 0.15) is 0 Å². The number of carbonyl (C=O) groups excluding carboxylic acids is 1. The molecule has 0 amide bonds. The summed E-state index contributed by atoms with van der Waals surface area (Å²) in [5.74, 6) is 0.263. The van der Waals surface area contributed by atoms with E-state index in [1.165, 1.54) is 0 Å². The quantitative estimate of drug-likeness (QED) is 0.777. The molecule has 2 nitrogen and oxygen atoms in total. The van der Waals surface area contributed by atoms with Crippen molar-refractivity contribution in [3.05, 3.63) is 11.6 Å². The van der Waals surface area contributed by atoms with Gasteiger partial charge in [0.25, 0.3) is 0 Å². The Kier molecular flexibility index (Phi) is 3.39. The van der Waals surface area contributed by atoms with Gasteiger partial charge in [-0.05, 0) is 44.1 Å². The van der Waals surface area contributed by atoms with E-state index in [0.717, 1.165) is 12.0 Å². The minimum absolute atomic E-state index is 0.142. The van der Waals surface area contributed by atoms with Crippen LogP contribution in [0.3, 0.4) is 0 Å². The lowest BCUT2D eigenvalue weighted by atomic mass is 9.77. The van der Waals surface area contributed by atoms with Gasteiger partial charge in [0.15, 0.2) is 5.78 Å². The molecule has 0 aromatic rings. The summed E-state index contributed by atoms with van der Waals surface area (Å²) in [4.78, 5) is 11.6. The topological polar surface area (TPSA) is 37.3 Å². The molecule has 0 saturated heterocycles. The molecule has 0 aromatic carbocycles. The summed E-state index contributed by atoms with van der Waals surface area (Å²) in [7, 11) is 0. The zero-order chi connectivity index (χ0) is 11.7. The standard InChI is InChI=1S/C13H22O2/c1-12(2)7-6-11(14)10(9-12)5-8-13(3,4)15/h9,15H,5-8H2,1-4H3. The molecule has 0 fully saturated rings. The maximum atomic E-state index is 11.6. The fraction of sp³-hybridized carbons (Fsp3) is 0.769. The van der Waals surface area contributed by atoms with E-state index in [0.29, 0.717) is 19.3 Å². The zero-order valence-electron chi connectivity index (χ0n) is 10.3. The van der Waals surface area contributed by atoms with E-state index in [4.69, 9.17) is 0 Å². The first-order valence-corrected chi connectivity index (χ1v) is 5.67. The summed E-state index contributed by atoms with van der Waals surface area (Å²) in [6.45, 7) is 7.88. The Labute approximate surface area is 92.4 Å². The first-order valence-electron chi connectivity index (χ1n) is 5.67. The van der Waals surface area contributed by atoms with Gasteiger partial charge in [-0.3, -0.25) is 4.79 Å². The molecular formula is C13H22O2. The number of hydrogen-bond acceptors (Lipinski definition) is 2. The Morgan fingerprint density at radius 2 is 2.07 bits per heavy atom. The van der Waals surface area contributed by atoms with Crippen LogP contribution in [0.25, 0.3) is 0 Å². The molecule has 2 heteroatoms. The van der Waals surface area contributed by atoms with Crippen molar-refractivity contribution < 1.29 is 9.90 Å². The molecule has 1 N–H and O–H groups in total. The maximum Gasteiger partial charge on any atom is 0.158 e.